The molecule has 0 saturated carbocycles. The number of amides is 1. The van der Waals surface area contributed by atoms with Gasteiger partial charge in [-0.05, 0) is 46.4 Å². The summed E-state index contributed by atoms with van der Waals surface area (Å²) in [6.07, 6.45) is 0.788. The van der Waals surface area contributed by atoms with Crippen LogP contribution in [0.25, 0.3) is 0 Å². The van der Waals surface area contributed by atoms with Crippen LogP contribution >= 0.6 is 22.6 Å². The zero-order valence-corrected chi connectivity index (χ0v) is 16.3. The third-order valence-corrected chi connectivity index (χ3v) is 5.17. The summed E-state index contributed by atoms with van der Waals surface area (Å²) in [6, 6.07) is 9.63. The number of carboxylic acid groups (broad SMARTS) is 1. The van der Waals surface area contributed by atoms with Crippen LogP contribution in [-0.2, 0) is 13.1 Å². The molecule has 2 N–H and O–H groups in total. The fraction of sp³-hybridized carbons (Fsp3) is 0.333. The molecule has 0 spiro atoms. The molecule has 3 rings (SSSR count). The van der Waals surface area contributed by atoms with Crippen molar-refractivity contribution in [2.45, 2.75) is 13.1 Å². The van der Waals surface area contributed by atoms with Crippen LogP contribution in [0.15, 0.2) is 41.3 Å². The number of nitrogens with zero attached hydrogens (tertiary/aromatic N) is 3. The van der Waals surface area contributed by atoms with Crippen molar-refractivity contribution in [1.82, 2.24) is 14.4 Å². The average molecular weight is 469 g/mol. The standard InChI is InChI=1S/C18H20IN3O4/c19-15-3-1-2-13(10-15)11-22-5-4-14(16(23)17(22)24)12-20-6-8-21(9-7-20)18(25)26/h1-5,10,23H,6-9,11-12H2,(H,25,26). The lowest BCUT2D eigenvalue weighted by molar-refractivity contribution is 0.102. The maximum absolute atomic E-state index is 12.5. The molecule has 7 nitrogen and oxygen atoms in total. The highest BCUT2D eigenvalue weighted by Crippen LogP contribution is 2.16. The zero-order chi connectivity index (χ0) is 18.7. The molecule has 138 valence electrons. The molecule has 1 fully saturated rings. The molecule has 0 aliphatic carbocycles. The van der Waals surface area contributed by atoms with E-state index in [0.717, 1.165) is 9.13 Å². The molecule has 26 heavy (non-hydrogen) atoms. The van der Waals surface area contributed by atoms with Crippen LogP contribution in [0.3, 0.4) is 0 Å². The van der Waals surface area contributed by atoms with Gasteiger partial charge in [-0.15, -0.1) is 0 Å². The summed E-state index contributed by atoms with van der Waals surface area (Å²) in [6.45, 7) is 2.85. The van der Waals surface area contributed by atoms with Gasteiger partial charge in [0.15, 0.2) is 5.75 Å². The van der Waals surface area contributed by atoms with Crippen molar-refractivity contribution in [2.75, 3.05) is 26.2 Å². The van der Waals surface area contributed by atoms with Gasteiger partial charge >= 0.3 is 6.09 Å². The highest BCUT2D eigenvalue weighted by molar-refractivity contribution is 14.1. The van der Waals surface area contributed by atoms with E-state index >= 15 is 0 Å². The minimum absolute atomic E-state index is 0.237. The highest BCUT2D eigenvalue weighted by atomic mass is 127. The van der Waals surface area contributed by atoms with Crippen molar-refractivity contribution >= 4 is 28.7 Å². The average Bonchev–Trinajstić information content (AvgIpc) is 2.62. The van der Waals surface area contributed by atoms with E-state index in [9.17, 15) is 14.7 Å². The Bertz CT molecular complexity index is 860. The van der Waals surface area contributed by atoms with Gasteiger partial charge in [0, 0.05) is 48.1 Å². The first-order valence-electron chi connectivity index (χ1n) is 8.30. The van der Waals surface area contributed by atoms with Gasteiger partial charge in [-0.2, -0.15) is 0 Å². The van der Waals surface area contributed by atoms with Gasteiger partial charge in [-0.1, -0.05) is 12.1 Å². The Balaban J connectivity index is 1.70. The highest BCUT2D eigenvalue weighted by Gasteiger charge is 2.21. The maximum atomic E-state index is 12.5. The zero-order valence-electron chi connectivity index (χ0n) is 14.1. The predicted molar refractivity (Wildman–Crippen MR) is 106 cm³/mol. The molecule has 1 aromatic heterocycles. The minimum atomic E-state index is -0.911. The van der Waals surface area contributed by atoms with E-state index in [0.29, 0.717) is 44.8 Å². The number of piperazine rings is 1. The van der Waals surface area contributed by atoms with Crippen LogP contribution < -0.4 is 5.56 Å². The first-order chi connectivity index (χ1) is 12.4. The minimum Gasteiger partial charge on any atom is -0.503 e. The Hall–Kier alpha value is -2.07. The number of hydrogen-bond donors (Lipinski definition) is 2. The molecule has 1 aliphatic rings. The van der Waals surface area contributed by atoms with Crippen LogP contribution in [0, 0.1) is 3.57 Å². The number of carbonyl (C=O) groups is 1. The molecule has 0 bridgehead atoms. The Morgan fingerprint density at radius 1 is 1.12 bits per heavy atom. The largest absolute Gasteiger partial charge is 0.503 e. The van der Waals surface area contributed by atoms with E-state index in [1.165, 1.54) is 9.47 Å². The Morgan fingerprint density at radius 3 is 2.50 bits per heavy atom. The molecule has 2 aromatic rings. The first-order valence-corrected chi connectivity index (χ1v) is 9.38. The quantitative estimate of drug-likeness (QED) is 0.670. The molecule has 0 unspecified atom stereocenters. The van der Waals surface area contributed by atoms with Gasteiger partial charge in [0.1, 0.15) is 0 Å². The molecule has 0 radical (unpaired) electrons. The molecule has 0 atom stereocenters. The smallest absolute Gasteiger partial charge is 0.407 e. The maximum Gasteiger partial charge on any atom is 0.407 e. The van der Waals surface area contributed by atoms with Crippen molar-refractivity contribution in [3.05, 3.63) is 61.6 Å². The third kappa shape index (κ3) is 4.36. The van der Waals surface area contributed by atoms with E-state index in [2.05, 4.69) is 22.6 Å². The second-order valence-electron chi connectivity index (χ2n) is 6.30. The summed E-state index contributed by atoms with van der Waals surface area (Å²) < 4.78 is 2.58. The normalized spacial score (nSPS) is 15.2. The molecule has 1 saturated heterocycles. The summed E-state index contributed by atoms with van der Waals surface area (Å²) >= 11 is 2.22. The molecule has 2 heterocycles. The fourth-order valence-electron chi connectivity index (χ4n) is 3.02. The summed E-state index contributed by atoms with van der Waals surface area (Å²) in [7, 11) is 0. The number of aromatic nitrogens is 1. The van der Waals surface area contributed by atoms with Crippen LogP contribution in [0.1, 0.15) is 11.1 Å². The molecular weight excluding hydrogens is 449 g/mol. The summed E-state index contributed by atoms with van der Waals surface area (Å²) in [4.78, 5) is 26.8. The molecular formula is C18H20IN3O4. The van der Waals surface area contributed by atoms with Crippen molar-refractivity contribution in [1.29, 1.82) is 0 Å². The number of rotatable bonds is 4. The Labute approximate surface area is 164 Å². The van der Waals surface area contributed by atoms with Gasteiger partial charge in [-0.25, -0.2) is 4.79 Å². The molecule has 1 aromatic carbocycles. The van der Waals surface area contributed by atoms with Gasteiger partial charge in [0.25, 0.3) is 5.56 Å². The van der Waals surface area contributed by atoms with Crippen LogP contribution in [-0.4, -0.2) is 56.9 Å². The number of pyridine rings is 1. The first kappa shape index (κ1) is 18.7. The Morgan fingerprint density at radius 2 is 1.85 bits per heavy atom. The topological polar surface area (TPSA) is 86.0 Å². The van der Waals surface area contributed by atoms with Crippen molar-refractivity contribution < 1.29 is 15.0 Å². The van der Waals surface area contributed by atoms with Crippen LogP contribution in [0.5, 0.6) is 5.75 Å². The second kappa shape index (κ2) is 8.09. The second-order valence-corrected chi connectivity index (χ2v) is 7.54. The van der Waals surface area contributed by atoms with Gasteiger partial charge in [-0.3, -0.25) is 9.69 Å². The molecule has 1 amide bonds. The van der Waals surface area contributed by atoms with E-state index in [-0.39, 0.29) is 5.75 Å². The van der Waals surface area contributed by atoms with E-state index in [1.807, 2.05) is 29.2 Å². The third-order valence-electron chi connectivity index (χ3n) is 4.50. The molecule has 1 aliphatic heterocycles. The summed E-state index contributed by atoms with van der Waals surface area (Å²) in [5.74, 6) is -0.237. The number of benzene rings is 1. The number of aromatic hydroxyl groups is 1. The lowest BCUT2D eigenvalue weighted by Crippen LogP contribution is -2.47. The lowest BCUT2D eigenvalue weighted by atomic mass is 10.2. The SMILES string of the molecule is O=C(O)N1CCN(Cc2ccn(Cc3cccc(I)c3)c(=O)c2O)CC1. The number of halogens is 1. The van der Waals surface area contributed by atoms with E-state index in [1.54, 1.807) is 12.3 Å². The van der Waals surface area contributed by atoms with Crippen LogP contribution in [0.2, 0.25) is 0 Å². The summed E-state index contributed by atoms with van der Waals surface area (Å²) in [5, 5.41) is 19.3. The number of hydrogen-bond acceptors (Lipinski definition) is 4. The Kier molecular flexibility index (Phi) is 5.82. The lowest BCUT2D eigenvalue weighted by Gasteiger charge is -2.33. The van der Waals surface area contributed by atoms with Gasteiger partial charge < -0.3 is 19.7 Å². The van der Waals surface area contributed by atoms with Gasteiger partial charge in [0.2, 0.25) is 0 Å². The van der Waals surface area contributed by atoms with Crippen molar-refractivity contribution in [3.63, 3.8) is 0 Å². The molecule has 8 heteroatoms. The van der Waals surface area contributed by atoms with Crippen molar-refractivity contribution in [2.24, 2.45) is 0 Å². The van der Waals surface area contributed by atoms with E-state index < -0.39 is 11.7 Å². The van der Waals surface area contributed by atoms with Crippen LogP contribution in [0.4, 0.5) is 4.79 Å². The van der Waals surface area contributed by atoms with Crippen molar-refractivity contribution in [3.8, 4) is 5.75 Å². The monoisotopic (exact) mass is 469 g/mol. The fourth-order valence-corrected chi connectivity index (χ4v) is 3.63. The summed E-state index contributed by atoms with van der Waals surface area (Å²) in [5.41, 5.74) is 1.15. The van der Waals surface area contributed by atoms with E-state index in [4.69, 9.17) is 5.11 Å². The van der Waals surface area contributed by atoms with Gasteiger partial charge in [0.05, 0.1) is 6.54 Å². The predicted octanol–water partition coefficient (Wildman–Crippen LogP) is 2.00.